The molecular weight excluding hydrogens is 298 g/mol. The Labute approximate surface area is 135 Å². The van der Waals surface area contributed by atoms with Crippen molar-refractivity contribution >= 4 is 23.3 Å². The highest BCUT2D eigenvalue weighted by Crippen LogP contribution is 2.17. The summed E-state index contributed by atoms with van der Waals surface area (Å²) in [7, 11) is 0. The molecule has 1 saturated carbocycles. The Morgan fingerprint density at radius 2 is 2.09 bits per heavy atom. The Morgan fingerprint density at radius 1 is 1.32 bits per heavy atom. The van der Waals surface area contributed by atoms with Gasteiger partial charge in [-0.3, -0.25) is 4.79 Å². The maximum Gasteiger partial charge on any atom is 0.315 e. The van der Waals surface area contributed by atoms with Crippen molar-refractivity contribution in [2.24, 2.45) is 0 Å². The highest BCUT2D eigenvalue weighted by molar-refractivity contribution is 7.07. The van der Waals surface area contributed by atoms with Crippen molar-refractivity contribution in [1.29, 1.82) is 0 Å². The molecule has 1 aliphatic carbocycles. The number of amides is 3. The number of carbonyl (C=O) groups excluding carboxylic acids is 2. The van der Waals surface area contributed by atoms with E-state index in [1.807, 2.05) is 12.3 Å². The van der Waals surface area contributed by atoms with Gasteiger partial charge in [-0.05, 0) is 48.6 Å². The lowest BCUT2D eigenvalue weighted by Crippen LogP contribution is -2.47. The highest BCUT2D eigenvalue weighted by atomic mass is 32.1. The Hall–Kier alpha value is -1.56. The molecule has 1 atom stereocenters. The average Bonchev–Trinajstić information content (AvgIpc) is 2.99. The van der Waals surface area contributed by atoms with E-state index in [4.69, 9.17) is 0 Å². The van der Waals surface area contributed by atoms with Crippen LogP contribution in [0.3, 0.4) is 0 Å². The largest absolute Gasteiger partial charge is 0.352 e. The summed E-state index contributed by atoms with van der Waals surface area (Å²) in [5.74, 6) is -0.104. The van der Waals surface area contributed by atoms with Gasteiger partial charge in [0.1, 0.15) is 0 Å². The van der Waals surface area contributed by atoms with Crippen molar-refractivity contribution in [2.75, 3.05) is 6.54 Å². The predicted octanol–water partition coefficient (Wildman–Crippen LogP) is 2.43. The molecule has 6 heteroatoms. The summed E-state index contributed by atoms with van der Waals surface area (Å²) < 4.78 is 0. The van der Waals surface area contributed by atoms with Gasteiger partial charge < -0.3 is 16.0 Å². The van der Waals surface area contributed by atoms with Crippen LogP contribution in [-0.2, 0) is 11.2 Å². The number of urea groups is 1. The van der Waals surface area contributed by atoms with E-state index in [0.717, 1.165) is 19.3 Å². The number of hydrogen-bond donors (Lipinski definition) is 3. The molecule has 0 radical (unpaired) electrons. The average molecular weight is 323 g/mol. The number of hydrogen-bond acceptors (Lipinski definition) is 3. The van der Waals surface area contributed by atoms with Gasteiger partial charge in [0.05, 0.1) is 6.54 Å². The summed E-state index contributed by atoms with van der Waals surface area (Å²) in [6.45, 7) is 1.99. The molecule has 0 saturated heterocycles. The van der Waals surface area contributed by atoms with E-state index < -0.39 is 0 Å². The molecule has 3 amide bonds. The SMILES string of the molecule is C[C@H](Cc1ccsc1)NC(=O)NCC(=O)NC1CCCCC1. The van der Waals surface area contributed by atoms with Gasteiger partial charge in [-0.1, -0.05) is 19.3 Å². The second-order valence-corrected chi connectivity index (χ2v) is 6.75. The molecule has 1 aliphatic rings. The molecule has 22 heavy (non-hydrogen) atoms. The Bertz CT molecular complexity index is 470. The Kier molecular flexibility index (Phi) is 6.71. The lowest BCUT2D eigenvalue weighted by atomic mass is 9.95. The predicted molar refractivity (Wildman–Crippen MR) is 89.0 cm³/mol. The number of carbonyl (C=O) groups is 2. The molecule has 1 fully saturated rings. The zero-order chi connectivity index (χ0) is 15.8. The first kappa shape index (κ1) is 16.8. The van der Waals surface area contributed by atoms with Crippen LogP contribution in [-0.4, -0.2) is 30.6 Å². The van der Waals surface area contributed by atoms with Gasteiger partial charge in [0.2, 0.25) is 5.91 Å². The van der Waals surface area contributed by atoms with Crippen molar-refractivity contribution in [3.63, 3.8) is 0 Å². The minimum absolute atomic E-state index is 0.0352. The third kappa shape index (κ3) is 6.05. The monoisotopic (exact) mass is 323 g/mol. The van der Waals surface area contributed by atoms with Crippen LogP contribution in [0.15, 0.2) is 16.8 Å². The first-order chi connectivity index (χ1) is 10.6. The van der Waals surface area contributed by atoms with Crippen LogP contribution in [0.25, 0.3) is 0 Å². The summed E-state index contributed by atoms with van der Waals surface area (Å²) in [5, 5.41) is 12.6. The van der Waals surface area contributed by atoms with Gasteiger partial charge in [0.15, 0.2) is 0 Å². The van der Waals surface area contributed by atoms with Crippen molar-refractivity contribution in [3.05, 3.63) is 22.4 Å². The zero-order valence-electron chi connectivity index (χ0n) is 13.1. The minimum atomic E-state index is -0.290. The standard InChI is InChI=1S/C16H25N3O2S/c1-12(9-13-7-8-22-11-13)18-16(21)17-10-15(20)19-14-5-3-2-4-6-14/h7-8,11-12,14H,2-6,9-10H2,1H3,(H,19,20)(H2,17,18,21)/t12-/m1/s1. The molecule has 1 aromatic rings. The van der Waals surface area contributed by atoms with Gasteiger partial charge in [0.25, 0.3) is 0 Å². The highest BCUT2D eigenvalue weighted by Gasteiger charge is 2.16. The topological polar surface area (TPSA) is 70.2 Å². The van der Waals surface area contributed by atoms with E-state index in [-0.39, 0.29) is 30.6 Å². The smallest absolute Gasteiger partial charge is 0.315 e. The van der Waals surface area contributed by atoms with E-state index in [9.17, 15) is 9.59 Å². The molecule has 0 aromatic carbocycles. The van der Waals surface area contributed by atoms with E-state index in [2.05, 4.69) is 27.4 Å². The van der Waals surface area contributed by atoms with Crippen LogP contribution < -0.4 is 16.0 Å². The normalized spacial score (nSPS) is 16.8. The van der Waals surface area contributed by atoms with Gasteiger partial charge in [0, 0.05) is 12.1 Å². The molecular formula is C16H25N3O2S. The minimum Gasteiger partial charge on any atom is -0.352 e. The molecule has 0 bridgehead atoms. The van der Waals surface area contributed by atoms with Gasteiger partial charge >= 0.3 is 6.03 Å². The first-order valence-electron chi connectivity index (χ1n) is 7.98. The number of rotatable bonds is 6. The maximum atomic E-state index is 11.8. The van der Waals surface area contributed by atoms with Crippen LogP contribution in [0, 0.1) is 0 Å². The third-order valence-corrected chi connectivity index (χ3v) is 4.61. The molecule has 122 valence electrons. The molecule has 0 unspecified atom stereocenters. The summed E-state index contributed by atoms with van der Waals surface area (Å²) in [6, 6.07) is 2.08. The van der Waals surface area contributed by atoms with Crippen LogP contribution >= 0.6 is 11.3 Å². The Balaban J connectivity index is 1.61. The second kappa shape index (κ2) is 8.78. The Morgan fingerprint density at radius 3 is 2.77 bits per heavy atom. The summed E-state index contributed by atoms with van der Waals surface area (Å²) in [4.78, 5) is 23.6. The molecule has 0 aliphatic heterocycles. The summed E-state index contributed by atoms with van der Waals surface area (Å²) >= 11 is 1.65. The van der Waals surface area contributed by atoms with Crippen LogP contribution in [0.5, 0.6) is 0 Å². The van der Waals surface area contributed by atoms with Crippen LogP contribution in [0.1, 0.15) is 44.6 Å². The maximum absolute atomic E-state index is 11.8. The fourth-order valence-corrected chi connectivity index (χ4v) is 3.46. The van der Waals surface area contributed by atoms with Crippen molar-refractivity contribution < 1.29 is 9.59 Å². The van der Waals surface area contributed by atoms with E-state index in [1.165, 1.54) is 24.8 Å². The fourth-order valence-electron chi connectivity index (χ4n) is 2.77. The quantitative estimate of drug-likeness (QED) is 0.752. The molecule has 1 aromatic heterocycles. The number of thiophene rings is 1. The molecule has 2 rings (SSSR count). The van der Waals surface area contributed by atoms with Crippen molar-refractivity contribution in [1.82, 2.24) is 16.0 Å². The first-order valence-corrected chi connectivity index (χ1v) is 8.92. The van der Waals surface area contributed by atoms with E-state index >= 15 is 0 Å². The lowest BCUT2D eigenvalue weighted by molar-refractivity contribution is -0.121. The van der Waals surface area contributed by atoms with Crippen LogP contribution in [0.2, 0.25) is 0 Å². The fraction of sp³-hybridized carbons (Fsp3) is 0.625. The summed E-state index contributed by atoms with van der Waals surface area (Å²) in [6.07, 6.45) is 6.52. The van der Waals surface area contributed by atoms with Gasteiger partial charge in [-0.25, -0.2) is 4.79 Å². The van der Waals surface area contributed by atoms with E-state index in [0.29, 0.717) is 0 Å². The van der Waals surface area contributed by atoms with Gasteiger partial charge in [-0.2, -0.15) is 11.3 Å². The molecule has 5 nitrogen and oxygen atoms in total. The van der Waals surface area contributed by atoms with Crippen molar-refractivity contribution in [3.8, 4) is 0 Å². The van der Waals surface area contributed by atoms with E-state index in [1.54, 1.807) is 11.3 Å². The van der Waals surface area contributed by atoms with Gasteiger partial charge in [-0.15, -0.1) is 0 Å². The lowest BCUT2D eigenvalue weighted by Gasteiger charge is -2.23. The third-order valence-electron chi connectivity index (χ3n) is 3.88. The van der Waals surface area contributed by atoms with Crippen LogP contribution in [0.4, 0.5) is 4.79 Å². The number of nitrogens with one attached hydrogen (secondary N) is 3. The van der Waals surface area contributed by atoms with Crippen molar-refractivity contribution in [2.45, 2.75) is 57.5 Å². The summed E-state index contributed by atoms with van der Waals surface area (Å²) in [5.41, 5.74) is 1.22. The molecule has 1 heterocycles. The molecule has 3 N–H and O–H groups in total. The molecule has 0 spiro atoms. The zero-order valence-corrected chi connectivity index (χ0v) is 13.9. The second-order valence-electron chi connectivity index (χ2n) is 5.97.